The number of carbonyl (C=O) groups is 1. The van der Waals surface area contributed by atoms with Gasteiger partial charge < -0.3 is 4.90 Å². The molecular weight excluding hydrogens is 212 g/mol. The standard InChI is InChI=1S/C14H16N2O/c1-10-3-2-4-12(15-10)9-13-14(17)11-5-7-16(13)8-6-11/h2-4,9,11H,5-8H2,1H3. The van der Waals surface area contributed by atoms with Gasteiger partial charge in [0.15, 0.2) is 5.78 Å². The number of hydrogen-bond acceptors (Lipinski definition) is 3. The van der Waals surface area contributed by atoms with Crippen molar-refractivity contribution in [3.8, 4) is 0 Å². The first-order valence-corrected chi connectivity index (χ1v) is 6.18. The molecule has 0 saturated carbocycles. The van der Waals surface area contributed by atoms with E-state index in [-0.39, 0.29) is 5.92 Å². The average Bonchev–Trinajstić information content (AvgIpc) is 2.34. The molecule has 4 heterocycles. The fraction of sp³-hybridized carbons (Fsp3) is 0.429. The predicted molar refractivity (Wildman–Crippen MR) is 66.3 cm³/mol. The van der Waals surface area contributed by atoms with Gasteiger partial charge in [-0.05, 0) is 38.0 Å². The molecule has 17 heavy (non-hydrogen) atoms. The molecule has 0 aliphatic carbocycles. The molecule has 0 radical (unpaired) electrons. The molecule has 3 nitrogen and oxygen atoms in total. The lowest BCUT2D eigenvalue weighted by Gasteiger charge is -2.41. The van der Waals surface area contributed by atoms with Gasteiger partial charge in [0, 0.05) is 24.7 Å². The second-order valence-corrected chi connectivity index (χ2v) is 4.86. The Morgan fingerprint density at radius 1 is 1.35 bits per heavy atom. The van der Waals surface area contributed by atoms with Crippen LogP contribution in [0.15, 0.2) is 23.9 Å². The lowest BCUT2D eigenvalue weighted by atomic mass is 9.84. The van der Waals surface area contributed by atoms with Crippen molar-refractivity contribution in [2.75, 3.05) is 13.1 Å². The number of aryl methyl sites for hydroxylation is 1. The second-order valence-electron chi connectivity index (χ2n) is 4.86. The molecule has 0 amide bonds. The van der Waals surface area contributed by atoms with E-state index in [9.17, 15) is 4.79 Å². The van der Waals surface area contributed by atoms with E-state index >= 15 is 0 Å². The minimum atomic E-state index is 0.260. The van der Waals surface area contributed by atoms with E-state index in [0.29, 0.717) is 5.78 Å². The number of rotatable bonds is 1. The third kappa shape index (κ3) is 1.86. The third-order valence-corrected chi connectivity index (χ3v) is 3.65. The molecule has 1 aromatic rings. The Morgan fingerprint density at radius 2 is 2.12 bits per heavy atom. The van der Waals surface area contributed by atoms with Gasteiger partial charge >= 0.3 is 0 Å². The van der Waals surface area contributed by atoms with Crippen LogP contribution in [0.4, 0.5) is 0 Å². The van der Waals surface area contributed by atoms with Crippen molar-refractivity contribution in [2.24, 2.45) is 5.92 Å². The minimum absolute atomic E-state index is 0.260. The largest absolute Gasteiger partial charge is 0.369 e. The van der Waals surface area contributed by atoms with E-state index in [0.717, 1.165) is 43.0 Å². The van der Waals surface area contributed by atoms with E-state index in [2.05, 4.69) is 9.88 Å². The number of aromatic nitrogens is 1. The fourth-order valence-electron chi connectivity index (χ4n) is 2.69. The predicted octanol–water partition coefficient (Wildman–Crippen LogP) is 2.03. The van der Waals surface area contributed by atoms with Crippen molar-refractivity contribution >= 4 is 11.9 Å². The van der Waals surface area contributed by atoms with Crippen LogP contribution in [0.5, 0.6) is 0 Å². The second kappa shape index (κ2) is 3.99. The molecule has 3 aliphatic rings. The van der Waals surface area contributed by atoms with Gasteiger partial charge in [-0.3, -0.25) is 9.78 Å². The van der Waals surface area contributed by atoms with Gasteiger partial charge in [-0.15, -0.1) is 0 Å². The highest BCUT2D eigenvalue weighted by atomic mass is 16.1. The highest BCUT2D eigenvalue weighted by Crippen LogP contribution is 2.32. The van der Waals surface area contributed by atoms with Gasteiger partial charge in [-0.25, -0.2) is 0 Å². The zero-order chi connectivity index (χ0) is 11.8. The Labute approximate surface area is 101 Å². The van der Waals surface area contributed by atoms with Crippen LogP contribution in [0.2, 0.25) is 0 Å². The molecule has 3 heteroatoms. The fourth-order valence-corrected chi connectivity index (χ4v) is 2.69. The van der Waals surface area contributed by atoms with Crippen LogP contribution in [0.1, 0.15) is 24.2 Å². The summed E-state index contributed by atoms with van der Waals surface area (Å²) < 4.78 is 0. The van der Waals surface area contributed by atoms with Gasteiger partial charge in [-0.2, -0.15) is 0 Å². The van der Waals surface area contributed by atoms with Gasteiger partial charge in [-0.1, -0.05) is 6.07 Å². The molecule has 3 saturated heterocycles. The summed E-state index contributed by atoms with van der Waals surface area (Å²) in [5.41, 5.74) is 2.74. The van der Waals surface area contributed by atoms with Crippen LogP contribution in [0.3, 0.4) is 0 Å². The van der Waals surface area contributed by atoms with Gasteiger partial charge in [0.2, 0.25) is 0 Å². The molecule has 4 rings (SSSR count). The number of nitrogens with zero attached hydrogens (tertiary/aromatic N) is 2. The van der Waals surface area contributed by atoms with Gasteiger partial charge in [0.1, 0.15) is 0 Å². The first-order valence-electron chi connectivity index (χ1n) is 6.18. The highest BCUT2D eigenvalue weighted by Gasteiger charge is 2.36. The molecule has 3 fully saturated rings. The van der Waals surface area contributed by atoms with Crippen LogP contribution in [-0.2, 0) is 4.79 Å². The van der Waals surface area contributed by atoms with Crippen molar-refractivity contribution < 1.29 is 4.79 Å². The van der Waals surface area contributed by atoms with Crippen LogP contribution in [0, 0.1) is 12.8 Å². The van der Waals surface area contributed by atoms with Crippen molar-refractivity contribution in [3.63, 3.8) is 0 Å². The Morgan fingerprint density at radius 3 is 2.76 bits per heavy atom. The zero-order valence-electron chi connectivity index (χ0n) is 10.0. The number of fused-ring (bicyclic) bond motifs is 3. The summed E-state index contributed by atoms with van der Waals surface area (Å²) in [7, 11) is 0. The molecule has 0 atom stereocenters. The Bertz CT molecular complexity index is 485. The summed E-state index contributed by atoms with van der Waals surface area (Å²) in [6.07, 6.45) is 4.00. The number of ketones is 1. The van der Waals surface area contributed by atoms with Crippen LogP contribution in [-0.4, -0.2) is 28.8 Å². The van der Waals surface area contributed by atoms with Crippen LogP contribution >= 0.6 is 0 Å². The number of pyridine rings is 1. The molecule has 0 N–H and O–H groups in total. The SMILES string of the molecule is Cc1cccc(C=C2C(=O)C3CCN2CC3)n1. The van der Waals surface area contributed by atoms with Gasteiger partial charge in [0.25, 0.3) is 0 Å². The molecule has 0 aromatic carbocycles. The quantitative estimate of drug-likeness (QED) is 0.689. The molecule has 1 aromatic heterocycles. The number of Topliss-reactive ketones (excluding diaryl/α,β-unsaturated/α-hetero) is 1. The topological polar surface area (TPSA) is 33.2 Å². The molecule has 88 valence electrons. The average molecular weight is 228 g/mol. The maximum atomic E-state index is 12.1. The lowest BCUT2D eigenvalue weighted by molar-refractivity contribution is -0.125. The number of piperidine rings is 3. The summed E-state index contributed by atoms with van der Waals surface area (Å²) in [4.78, 5) is 18.8. The van der Waals surface area contributed by atoms with E-state index in [1.165, 1.54) is 0 Å². The summed E-state index contributed by atoms with van der Waals surface area (Å²) >= 11 is 0. The smallest absolute Gasteiger partial charge is 0.182 e. The monoisotopic (exact) mass is 228 g/mol. The Kier molecular flexibility index (Phi) is 2.46. The van der Waals surface area contributed by atoms with Gasteiger partial charge in [0.05, 0.1) is 11.4 Å². The first-order chi connectivity index (χ1) is 8.24. The summed E-state index contributed by atoms with van der Waals surface area (Å²) in [6.45, 7) is 4.01. The molecule has 0 spiro atoms. The van der Waals surface area contributed by atoms with E-state index in [1.807, 2.05) is 31.2 Å². The maximum Gasteiger partial charge on any atom is 0.182 e. The van der Waals surface area contributed by atoms with Crippen molar-refractivity contribution in [3.05, 3.63) is 35.3 Å². The number of hydrogen-bond donors (Lipinski definition) is 0. The number of allylic oxidation sites excluding steroid dienone is 1. The van der Waals surface area contributed by atoms with E-state index in [4.69, 9.17) is 0 Å². The highest BCUT2D eigenvalue weighted by molar-refractivity contribution is 6.01. The Hall–Kier alpha value is -1.64. The summed E-state index contributed by atoms with van der Waals surface area (Å²) in [6, 6.07) is 5.91. The molecule has 3 aliphatic heterocycles. The molecule has 0 unspecified atom stereocenters. The number of carbonyl (C=O) groups excluding carboxylic acids is 1. The zero-order valence-corrected chi connectivity index (χ0v) is 10.0. The summed E-state index contributed by atoms with van der Waals surface area (Å²) in [5.74, 6) is 0.571. The molecule has 2 bridgehead atoms. The first kappa shape index (κ1) is 10.5. The summed E-state index contributed by atoms with van der Waals surface area (Å²) in [5, 5.41) is 0. The van der Waals surface area contributed by atoms with Crippen LogP contribution < -0.4 is 0 Å². The maximum absolute atomic E-state index is 12.1. The van der Waals surface area contributed by atoms with E-state index in [1.54, 1.807) is 0 Å². The lowest BCUT2D eigenvalue weighted by Crippen LogP contribution is -2.45. The minimum Gasteiger partial charge on any atom is -0.369 e. The third-order valence-electron chi connectivity index (χ3n) is 3.65. The Balaban J connectivity index is 1.95. The van der Waals surface area contributed by atoms with E-state index < -0.39 is 0 Å². The van der Waals surface area contributed by atoms with Crippen molar-refractivity contribution in [1.82, 2.24) is 9.88 Å². The normalized spacial score (nSPS) is 22.5. The van der Waals surface area contributed by atoms with Crippen molar-refractivity contribution in [2.45, 2.75) is 19.8 Å². The molecular formula is C14H16N2O. The van der Waals surface area contributed by atoms with Crippen molar-refractivity contribution in [1.29, 1.82) is 0 Å². The van der Waals surface area contributed by atoms with Crippen LogP contribution in [0.25, 0.3) is 6.08 Å².